The first-order valence-corrected chi connectivity index (χ1v) is 8.84. The first-order valence-electron chi connectivity index (χ1n) is 8.84. The van der Waals surface area contributed by atoms with E-state index in [0.29, 0.717) is 24.2 Å². The highest BCUT2D eigenvalue weighted by molar-refractivity contribution is 5.97. The van der Waals surface area contributed by atoms with Crippen LogP contribution in [0.1, 0.15) is 50.7 Å². The van der Waals surface area contributed by atoms with Crippen LogP contribution in [0.3, 0.4) is 0 Å². The van der Waals surface area contributed by atoms with Gasteiger partial charge in [0.2, 0.25) is 0 Å². The van der Waals surface area contributed by atoms with Gasteiger partial charge in [0.1, 0.15) is 0 Å². The second kappa shape index (κ2) is 9.11. The van der Waals surface area contributed by atoms with Crippen molar-refractivity contribution in [2.24, 2.45) is 5.73 Å². The van der Waals surface area contributed by atoms with Crippen LogP contribution >= 0.6 is 0 Å². The highest BCUT2D eigenvalue weighted by Crippen LogP contribution is 2.18. The molecule has 0 aliphatic heterocycles. The molecule has 0 bridgehead atoms. The summed E-state index contributed by atoms with van der Waals surface area (Å²) in [5, 5.41) is 2.97. The van der Waals surface area contributed by atoms with Gasteiger partial charge in [-0.3, -0.25) is 4.79 Å². The Morgan fingerprint density at radius 2 is 1.88 bits per heavy atom. The average molecular weight is 324 g/mol. The van der Waals surface area contributed by atoms with Crippen LogP contribution in [0.5, 0.6) is 0 Å². The SMILES string of the molecule is CCCCc1ccc(CNC(=O)C2=C(N)CC(CC)=CC=C2)cc1. The number of benzene rings is 1. The van der Waals surface area contributed by atoms with Crippen molar-refractivity contribution in [3.05, 3.63) is 70.5 Å². The summed E-state index contributed by atoms with van der Waals surface area (Å²) in [5.74, 6) is -0.107. The molecule has 0 saturated carbocycles. The quantitative estimate of drug-likeness (QED) is 0.791. The normalized spacial score (nSPS) is 14.3. The van der Waals surface area contributed by atoms with Gasteiger partial charge in [0.05, 0.1) is 5.57 Å². The standard InChI is InChI=1S/C21H28N2O/c1-3-5-7-17-10-12-18(13-11-17)15-23-21(24)19-9-6-8-16(4-2)14-20(19)22/h6,8-13H,3-5,7,14-15,22H2,1-2H3,(H,23,24). The van der Waals surface area contributed by atoms with Crippen molar-refractivity contribution in [1.29, 1.82) is 0 Å². The van der Waals surface area contributed by atoms with E-state index >= 15 is 0 Å². The molecule has 0 aromatic heterocycles. The predicted molar refractivity (Wildman–Crippen MR) is 100 cm³/mol. The maximum atomic E-state index is 12.4. The fourth-order valence-corrected chi connectivity index (χ4v) is 2.73. The van der Waals surface area contributed by atoms with Gasteiger partial charge in [0.15, 0.2) is 0 Å². The third-order valence-electron chi connectivity index (χ3n) is 4.35. The van der Waals surface area contributed by atoms with E-state index in [-0.39, 0.29) is 5.91 Å². The molecule has 1 aliphatic rings. The van der Waals surface area contributed by atoms with Gasteiger partial charge in [-0.15, -0.1) is 0 Å². The third kappa shape index (κ3) is 5.12. The van der Waals surface area contributed by atoms with Crippen LogP contribution in [0.4, 0.5) is 0 Å². The smallest absolute Gasteiger partial charge is 0.253 e. The molecule has 0 spiro atoms. The molecule has 0 fully saturated rings. The lowest BCUT2D eigenvalue weighted by Crippen LogP contribution is -2.26. The number of nitrogens with two attached hydrogens (primary N) is 1. The van der Waals surface area contributed by atoms with Crippen molar-refractivity contribution in [3.8, 4) is 0 Å². The Morgan fingerprint density at radius 3 is 2.54 bits per heavy atom. The Bertz CT molecular complexity index is 651. The molecule has 0 atom stereocenters. The van der Waals surface area contributed by atoms with E-state index in [9.17, 15) is 4.79 Å². The number of carbonyl (C=O) groups is 1. The van der Waals surface area contributed by atoms with Gasteiger partial charge in [-0.2, -0.15) is 0 Å². The number of nitrogens with one attached hydrogen (secondary N) is 1. The Morgan fingerprint density at radius 1 is 1.17 bits per heavy atom. The molecular formula is C21H28N2O. The fourth-order valence-electron chi connectivity index (χ4n) is 2.73. The topological polar surface area (TPSA) is 55.1 Å². The molecular weight excluding hydrogens is 296 g/mol. The molecule has 24 heavy (non-hydrogen) atoms. The molecule has 0 radical (unpaired) electrons. The van der Waals surface area contributed by atoms with Crippen LogP contribution in [-0.4, -0.2) is 5.91 Å². The largest absolute Gasteiger partial charge is 0.401 e. The zero-order valence-corrected chi connectivity index (χ0v) is 14.8. The Hall–Kier alpha value is -2.29. The summed E-state index contributed by atoms with van der Waals surface area (Å²) < 4.78 is 0. The number of rotatable bonds is 7. The van der Waals surface area contributed by atoms with Gasteiger partial charge in [-0.05, 0) is 36.5 Å². The van der Waals surface area contributed by atoms with E-state index in [1.807, 2.05) is 12.2 Å². The summed E-state index contributed by atoms with van der Waals surface area (Å²) in [6.07, 6.45) is 10.9. The van der Waals surface area contributed by atoms with Crippen LogP contribution in [0, 0.1) is 0 Å². The minimum atomic E-state index is -0.107. The van der Waals surface area contributed by atoms with E-state index in [0.717, 1.165) is 18.4 Å². The highest BCUT2D eigenvalue weighted by atomic mass is 16.1. The zero-order valence-electron chi connectivity index (χ0n) is 14.8. The minimum Gasteiger partial charge on any atom is -0.401 e. The molecule has 1 aromatic rings. The van der Waals surface area contributed by atoms with Gasteiger partial charge in [0, 0.05) is 18.7 Å². The van der Waals surface area contributed by atoms with Crippen molar-refractivity contribution in [1.82, 2.24) is 5.32 Å². The number of hydrogen-bond donors (Lipinski definition) is 2. The van der Waals surface area contributed by atoms with Gasteiger partial charge < -0.3 is 11.1 Å². The summed E-state index contributed by atoms with van der Waals surface area (Å²) in [6, 6.07) is 8.47. The molecule has 3 heteroatoms. The lowest BCUT2D eigenvalue weighted by atomic mass is 10.1. The van der Waals surface area contributed by atoms with Crippen LogP contribution in [0.15, 0.2) is 59.3 Å². The van der Waals surface area contributed by atoms with Gasteiger partial charge in [-0.1, -0.05) is 62.3 Å². The third-order valence-corrected chi connectivity index (χ3v) is 4.35. The number of aryl methyl sites for hydroxylation is 1. The maximum Gasteiger partial charge on any atom is 0.253 e. The number of allylic oxidation sites excluding steroid dienone is 3. The summed E-state index contributed by atoms with van der Waals surface area (Å²) >= 11 is 0. The molecule has 3 N–H and O–H groups in total. The fraction of sp³-hybridized carbons (Fsp3) is 0.381. The number of hydrogen-bond acceptors (Lipinski definition) is 2. The van der Waals surface area contributed by atoms with Crippen molar-refractivity contribution in [2.45, 2.75) is 52.5 Å². The highest BCUT2D eigenvalue weighted by Gasteiger charge is 2.13. The van der Waals surface area contributed by atoms with Crippen LogP contribution in [0.25, 0.3) is 0 Å². The molecule has 128 valence electrons. The lowest BCUT2D eigenvalue weighted by Gasteiger charge is -2.10. The number of amides is 1. The minimum absolute atomic E-state index is 0.107. The maximum absolute atomic E-state index is 12.4. The van der Waals surface area contributed by atoms with E-state index in [1.54, 1.807) is 6.08 Å². The number of carbonyl (C=O) groups excluding carboxylic acids is 1. The molecule has 1 aromatic carbocycles. The van der Waals surface area contributed by atoms with E-state index in [1.165, 1.54) is 24.0 Å². The molecule has 1 aliphatic carbocycles. The van der Waals surface area contributed by atoms with Gasteiger partial charge in [-0.25, -0.2) is 0 Å². The van der Waals surface area contributed by atoms with E-state index < -0.39 is 0 Å². The van der Waals surface area contributed by atoms with Crippen LogP contribution in [-0.2, 0) is 17.8 Å². The Balaban J connectivity index is 1.93. The zero-order chi connectivity index (χ0) is 17.4. The second-order valence-electron chi connectivity index (χ2n) is 6.26. The molecule has 0 unspecified atom stereocenters. The van der Waals surface area contributed by atoms with Gasteiger partial charge in [0.25, 0.3) is 5.91 Å². The van der Waals surface area contributed by atoms with Crippen molar-refractivity contribution < 1.29 is 4.79 Å². The Kier molecular flexibility index (Phi) is 6.86. The second-order valence-corrected chi connectivity index (χ2v) is 6.26. The van der Waals surface area contributed by atoms with Crippen molar-refractivity contribution in [3.63, 3.8) is 0 Å². The molecule has 3 nitrogen and oxygen atoms in total. The van der Waals surface area contributed by atoms with E-state index in [2.05, 4.69) is 43.4 Å². The summed E-state index contributed by atoms with van der Waals surface area (Å²) in [5.41, 5.74) is 11.0. The summed E-state index contributed by atoms with van der Waals surface area (Å²) in [7, 11) is 0. The molecule has 0 saturated heterocycles. The summed E-state index contributed by atoms with van der Waals surface area (Å²) in [6.45, 7) is 4.82. The summed E-state index contributed by atoms with van der Waals surface area (Å²) in [4.78, 5) is 12.4. The molecule has 1 amide bonds. The molecule has 2 rings (SSSR count). The lowest BCUT2D eigenvalue weighted by molar-refractivity contribution is -0.117. The van der Waals surface area contributed by atoms with Crippen molar-refractivity contribution in [2.75, 3.05) is 0 Å². The molecule has 0 heterocycles. The Labute approximate surface area is 145 Å². The first kappa shape index (κ1) is 18.1. The van der Waals surface area contributed by atoms with E-state index in [4.69, 9.17) is 5.73 Å². The van der Waals surface area contributed by atoms with Crippen molar-refractivity contribution >= 4 is 5.91 Å². The average Bonchev–Trinajstić information content (AvgIpc) is 2.80. The van der Waals surface area contributed by atoms with Gasteiger partial charge >= 0.3 is 0 Å². The first-order chi connectivity index (χ1) is 11.6. The number of unbranched alkanes of at least 4 members (excludes halogenated alkanes) is 1. The monoisotopic (exact) mass is 324 g/mol. The van der Waals surface area contributed by atoms with Crippen LogP contribution in [0.2, 0.25) is 0 Å². The predicted octanol–water partition coefficient (Wildman–Crippen LogP) is 4.15. The van der Waals surface area contributed by atoms with Crippen LogP contribution < -0.4 is 11.1 Å².